The highest BCUT2D eigenvalue weighted by molar-refractivity contribution is 6.20. The molecule has 1 atom stereocenters. The van der Waals surface area contributed by atoms with Crippen LogP contribution in [0, 0.1) is 19.7 Å². The van der Waals surface area contributed by atoms with Crippen molar-refractivity contribution >= 4 is 29.4 Å². The lowest BCUT2D eigenvalue weighted by molar-refractivity contribution is -0.689. The molecule has 180 valence electrons. The maximum atomic E-state index is 14.1. The smallest absolute Gasteiger partial charge is 0.367 e. The summed E-state index contributed by atoms with van der Waals surface area (Å²) < 4.78 is 18.2. The number of amides is 3. The topological polar surface area (TPSA) is 68.3 Å². The zero-order valence-electron chi connectivity index (χ0n) is 20.2. The number of fused-ring (bicyclic) bond motifs is 3. The number of nitrogens with zero attached hydrogens (tertiary/aromatic N) is 7. The number of hydrogen-bond donors (Lipinski definition) is 0. The summed E-state index contributed by atoms with van der Waals surface area (Å²) in [4.78, 5) is 37.2. The fraction of sp³-hybridized carbons (Fsp3) is 0.500. The number of hydrogen-bond acceptors (Lipinski definition) is 5. The van der Waals surface area contributed by atoms with Crippen LogP contribution in [0.25, 0.3) is 0 Å². The second-order valence-electron chi connectivity index (χ2n) is 9.24. The molecule has 3 amide bonds. The van der Waals surface area contributed by atoms with Gasteiger partial charge in [-0.3, -0.25) is 19.5 Å². The summed E-state index contributed by atoms with van der Waals surface area (Å²) in [7, 11) is 3.18. The predicted octanol–water partition coefficient (Wildman–Crippen LogP) is 1.85. The van der Waals surface area contributed by atoms with E-state index in [1.807, 2.05) is 23.6 Å². The van der Waals surface area contributed by atoms with Gasteiger partial charge in [0.2, 0.25) is 11.9 Å². The number of rotatable bonds is 5. The van der Waals surface area contributed by atoms with Crippen molar-refractivity contribution in [3.8, 4) is 0 Å². The molecule has 10 heteroatoms. The highest BCUT2D eigenvalue weighted by Gasteiger charge is 2.53. The van der Waals surface area contributed by atoms with Gasteiger partial charge >= 0.3 is 12.0 Å². The number of aliphatic imine (C=N–C) groups is 1. The molecule has 0 spiro atoms. The molecule has 2 saturated heterocycles. The Kier molecular flexibility index (Phi) is 5.63. The molecule has 1 unspecified atom stereocenters. The summed E-state index contributed by atoms with van der Waals surface area (Å²) in [6.45, 7) is 9.15. The molecular weight excluding hydrogens is 437 g/mol. The third kappa shape index (κ3) is 3.48. The Bertz CT molecular complexity index is 1180. The van der Waals surface area contributed by atoms with Crippen molar-refractivity contribution in [2.45, 2.75) is 32.9 Å². The highest BCUT2D eigenvalue weighted by Crippen LogP contribution is 2.34. The van der Waals surface area contributed by atoms with Gasteiger partial charge in [-0.05, 0) is 32.4 Å². The summed E-state index contributed by atoms with van der Waals surface area (Å²) in [6.07, 6.45) is 0.930. The lowest BCUT2D eigenvalue weighted by Gasteiger charge is -2.36. The fourth-order valence-electron chi connectivity index (χ4n) is 5.22. The number of carbonyl (C=O) groups is 2. The molecule has 9 nitrogen and oxygen atoms in total. The number of imidazole rings is 1. The Labute approximate surface area is 198 Å². The SMILES string of the molecule is Cc1c(C)[n+](CCCN2CCN(c3ccccc3F)CC2)c2n1C1C(=O)N(C)C(=O)N(C)C1=N2. The molecule has 1 aromatic heterocycles. The molecule has 3 aliphatic heterocycles. The standard InChI is InChI=1S/C24H31FN7O2/c1-16-17(2)32-20-21(27(3)24(34)28(4)22(20)33)26-23(32)31(16)11-7-10-29-12-14-30(15-13-29)19-9-6-5-8-18(19)25/h5-6,8-9,20H,7,10-15H2,1-4H3/q+1. The van der Waals surface area contributed by atoms with Crippen LogP contribution in [-0.2, 0) is 11.3 Å². The first-order chi connectivity index (χ1) is 16.3. The lowest BCUT2D eigenvalue weighted by Crippen LogP contribution is -2.56. The van der Waals surface area contributed by atoms with E-state index in [-0.39, 0.29) is 17.8 Å². The Morgan fingerprint density at radius 1 is 1.06 bits per heavy atom. The third-order valence-electron chi connectivity index (χ3n) is 7.37. The minimum Gasteiger partial charge on any atom is -0.367 e. The van der Waals surface area contributed by atoms with E-state index in [9.17, 15) is 14.0 Å². The lowest BCUT2D eigenvalue weighted by atomic mass is 10.1. The number of para-hydroxylation sites is 1. The molecule has 2 fully saturated rings. The molecule has 5 rings (SSSR count). The van der Waals surface area contributed by atoms with E-state index in [1.54, 1.807) is 13.1 Å². The van der Waals surface area contributed by atoms with Crippen LogP contribution in [0.15, 0.2) is 29.3 Å². The normalized spacial score (nSPS) is 20.7. The third-order valence-corrected chi connectivity index (χ3v) is 7.37. The van der Waals surface area contributed by atoms with Gasteiger partial charge in [-0.2, -0.15) is 0 Å². The van der Waals surface area contributed by atoms with Crippen LogP contribution in [-0.4, -0.2) is 83.9 Å². The van der Waals surface area contributed by atoms with Crippen LogP contribution in [0.4, 0.5) is 20.8 Å². The summed E-state index contributed by atoms with van der Waals surface area (Å²) in [5, 5.41) is 0. The van der Waals surface area contributed by atoms with Crippen LogP contribution in [0.5, 0.6) is 0 Å². The fourth-order valence-corrected chi connectivity index (χ4v) is 5.22. The van der Waals surface area contributed by atoms with Gasteiger partial charge in [0.25, 0.3) is 5.91 Å². The number of likely N-dealkylation sites (N-methyl/N-ethyl adjacent to an activating group) is 2. The van der Waals surface area contributed by atoms with Gasteiger partial charge in [0, 0.05) is 46.8 Å². The molecule has 1 aromatic carbocycles. The van der Waals surface area contributed by atoms with Crippen molar-refractivity contribution in [2.75, 3.05) is 51.7 Å². The number of imide groups is 1. The Morgan fingerprint density at radius 2 is 1.76 bits per heavy atom. The van der Waals surface area contributed by atoms with E-state index in [1.165, 1.54) is 22.9 Å². The molecule has 3 aliphatic rings. The van der Waals surface area contributed by atoms with Gasteiger partial charge < -0.3 is 4.90 Å². The maximum absolute atomic E-state index is 14.1. The summed E-state index contributed by atoms with van der Waals surface area (Å²) in [5.41, 5.74) is 2.75. The molecule has 0 bridgehead atoms. The number of piperazine rings is 1. The van der Waals surface area contributed by atoms with Gasteiger partial charge in [0.05, 0.1) is 12.2 Å². The van der Waals surface area contributed by atoms with Gasteiger partial charge in [-0.15, -0.1) is 0 Å². The molecule has 0 N–H and O–H groups in total. The van der Waals surface area contributed by atoms with Crippen molar-refractivity contribution in [3.05, 3.63) is 41.5 Å². The van der Waals surface area contributed by atoms with Gasteiger partial charge in [0.15, 0.2) is 0 Å². The number of aromatic nitrogens is 2. The van der Waals surface area contributed by atoms with Crippen molar-refractivity contribution in [3.63, 3.8) is 0 Å². The summed E-state index contributed by atoms with van der Waals surface area (Å²) >= 11 is 0. The summed E-state index contributed by atoms with van der Waals surface area (Å²) in [5.74, 6) is 0.797. The summed E-state index contributed by atoms with van der Waals surface area (Å²) in [6, 6.07) is 6.00. The average molecular weight is 469 g/mol. The van der Waals surface area contributed by atoms with Crippen molar-refractivity contribution in [1.82, 2.24) is 19.3 Å². The minimum absolute atomic E-state index is 0.167. The first-order valence-corrected chi connectivity index (χ1v) is 11.8. The second-order valence-corrected chi connectivity index (χ2v) is 9.24. The highest BCUT2D eigenvalue weighted by atomic mass is 19.1. The van der Waals surface area contributed by atoms with Gasteiger partial charge in [-0.25, -0.2) is 18.3 Å². The molecule has 4 heterocycles. The molecule has 34 heavy (non-hydrogen) atoms. The monoisotopic (exact) mass is 468 g/mol. The minimum atomic E-state index is -0.589. The van der Waals surface area contributed by atoms with Crippen molar-refractivity contribution in [2.24, 2.45) is 4.99 Å². The van der Waals surface area contributed by atoms with Crippen LogP contribution < -0.4 is 9.47 Å². The van der Waals surface area contributed by atoms with E-state index < -0.39 is 6.04 Å². The Hall–Kier alpha value is -3.27. The van der Waals surface area contributed by atoms with Crippen molar-refractivity contribution in [1.29, 1.82) is 0 Å². The van der Waals surface area contributed by atoms with E-state index in [0.29, 0.717) is 11.5 Å². The Morgan fingerprint density at radius 3 is 2.47 bits per heavy atom. The molecular formula is C24H31FN7O2+. The second kappa shape index (κ2) is 8.50. The molecule has 0 radical (unpaired) electrons. The van der Waals surface area contributed by atoms with Gasteiger partial charge in [-0.1, -0.05) is 17.1 Å². The average Bonchev–Trinajstić information content (AvgIpc) is 3.33. The number of benzene rings is 1. The molecule has 2 aromatic rings. The number of halogens is 1. The van der Waals surface area contributed by atoms with Crippen LogP contribution >= 0.6 is 0 Å². The Balaban J connectivity index is 1.25. The van der Waals surface area contributed by atoms with Crippen LogP contribution in [0.3, 0.4) is 0 Å². The first-order valence-electron chi connectivity index (χ1n) is 11.8. The van der Waals surface area contributed by atoms with Gasteiger partial charge in [0.1, 0.15) is 17.2 Å². The zero-order chi connectivity index (χ0) is 24.1. The largest absolute Gasteiger partial charge is 0.402 e. The predicted molar refractivity (Wildman–Crippen MR) is 126 cm³/mol. The van der Waals surface area contributed by atoms with E-state index >= 15 is 0 Å². The zero-order valence-corrected chi connectivity index (χ0v) is 20.2. The quantitative estimate of drug-likeness (QED) is 0.629. The first kappa shape index (κ1) is 22.5. The van der Waals surface area contributed by atoms with Crippen LogP contribution in [0.2, 0.25) is 0 Å². The maximum Gasteiger partial charge on any atom is 0.402 e. The number of anilines is 1. The van der Waals surface area contributed by atoms with Crippen molar-refractivity contribution < 1.29 is 18.5 Å². The van der Waals surface area contributed by atoms with Crippen LogP contribution in [0.1, 0.15) is 23.9 Å². The number of urea groups is 1. The number of amidine groups is 1. The van der Waals surface area contributed by atoms with E-state index in [0.717, 1.165) is 63.0 Å². The molecule has 0 aliphatic carbocycles. The van der Waals surface area contributed by atoms with E-state index in [4.69, 9.17) is 4.99 Å². The molecule has 0 saturated carbocycles. The number of carbonyl (C=O) groups excluding carboxylic acids is 2. The van der Waals surface area contributed by atoms with E-state index in [2.05, 4.69) is 21.3 Å².